The highest BCUT2D eigenvalue weighted by Crippen LogP contribution is 2.37. The topological polar surface area (TPSA) is 66.9 Å². The fraction of sp³-hybridized carbons (Fsp3) is 0.522. The van der Waals surface area contributed by atoms with Crippen LogP contribution in [0.4, 0.5) is 0 Å². The number of piperidine rings is 1. The molecule has 0 N–H and O–H groups in total. The summed E-state index contributed by atoms with van der Waals surface area (Å²) in [6.07, 6.45) is 3.73. The lowest BCUT2D eigenvalue weighted by molar-refractivity contribution is -0.140. The third kappa shape index (κ3) is 4.96. The van der Waals surface area contributed by atoms with Gasteiger partial charge in [0.25, 0.3) is 10.0 Å². The van der Waals surface area contributed by atoms with Crippen LogP contribution >= 0.6 is 11.3 Å². The Hall–Kier alpha value is -1.90. The molecule has 1 aromatic carbocycles. The standard InChI is InChI=1S/C23H30N2O4S2/c1-17(19-9-10-19)25(15-18-7-11-21(29-2)12-8-18)23(26)20-5-3-13-24(16-20)31(27,28)22-6-4-14-30-22/h4,6-8,11-12,14,17,19-20H,3,5,9-10,13,15-16H2,1-2H3. The molecule has 1 aliphatic carbocycles. The zero-order chi connectivity index (χ0) is 22.0. The number of ether oxygens (including phenoxy) is 1. The molecular formula is C23H30N2O4S2. The molecule has 1 saturated carbocycles. The maximum absolute atomic E-state index is 13.6. The van der Waals surface area contributed by atoms with Crippen LogP contribution in [0, 0.1) is 11.8 Å². The predicted octanol–water partition coefficient (Wildman–Crippen LogP) is 3.98. The quantitative estimate of drug-likeness (QED) is 0.595. The van der Waals surface area contributed by atoms with Gasteiger partial charge in [0.15, 0.2) is 0 Å². The maximum atomic E-state index is 13.6. The van der Waals surface area contributed by atoms with Crippen molar-refractivity contribution in [3.63, 3.8) is 0 Å². The molecule has 1 amide bonds. The first-order valence-electron chi connectivity index (χ1n) is 10.9. The van der Waals surface area contributed by atoms with Crippen LogP contribution in [-0.2, 0) is 21.4 Å². The van der Waals surface area contributed by atoms with E-state index in [1.54, 1.807) is 24.6 Å². The Kier molecular flexibility index (Phi) is 6.69. The first kappa shape index (κ1) is 22.3. The number of amides is 1. The van der Waals surface area contributed by atoms with Gasteiger partial charge in [-0.2, -0.15) is 4.31 Å². The molecule has 2 fully saturated rings. The minimum atomic E-state index is -3.53. The van der Waals surface area contributed by atoms with Gasteiger partial charge in [-0.05, 0) is 67.7 Å². The molecule has 1 aromatic heterocycles. The second kappa shape index (κ2) is 9.30. The summed E-state index contributed by atoms with van der Waals surface area (Å²) in [7, 11) is -1.90. The lowest BCUT2D eigenvalue weighted by atomic mass is 9.96. The number of hydrogen-bond donors (Lipinski definition) is 0. The van der Waals surface area contributed by atoms with Gasteiger partial charge in [-0.25, -0.2) is 8.42 Å². The van der Waals surface area contributed by atoms with Crippen LogP contribution in [0.5, 0.6) is 5.75 Å². The lowest BCUT2D eigenvalue weighted by Crippen LogP contribution is -2.49. The molecule has 0 spiro atoms. The Morgan fingerprint density at radius 2 is 1.97 bits per heavy atom. The Labute approximate surface area is 188 Å². The van der Waals surface area contributed by atoms with Crippen LogP contribution in [0.1, 0.15) is 38.2 Å². The second-order valence-electron chi connectivity index (χ2n) is 8.53. The van der Waals surface area contributed by atoms with Crippen molar-refractivity contribution < 1.29 is 17.9 Å². The second-order valence-corrected chi connectivity index (χ2v) is 11.6. The molecule has 6 nitrogen and oxygen atoms in total. The van der Waals surface area contributed by atoms with E-state index in [2.05, 4.69) is 6.92 Å². The number of rotatable bonds is 8. The number of nitrogens with zero attached hydrogens (tertiary/aromatic N) is 2. The SMILES string of the molecule is COc1ccc(CN(C(=O)C2CCCN(S(=O)(=O)c3cccs3)C2)C(C)C2CC2)cc1. The summed E-state index contributed by atoms with van der Waals surface area (Å²) >= 11 is 1.23. The van der Waals surface area contributed by atoms with E-state index in [4.69, 9.17) is 4.74 Å². The molecule has 2 aliphatic rings. The van der Waals surface area contributed by atoms with E-state index < -0.39 is 10.0 Å². The number of carbonyl (C=O) groups excluding carboxylic acids is 1. The van der Waals surface area contributed by atoms with Crippen LogP contribution in [0.3, 0.4) is 0 Å². The van der Waals surface area contributed by atoms with Crippen molar-refractivity contribution >= 4 is 27.3 Å². The Bertz CT molecular complexity index is 985. The molecule has 2 aromatic rings. The predicted molar refractivity (Wildman–Crippen MR) is 122 cm³/mol. The van der Waals surface area contributed by atoms with Crippen molar-refractivity contribution in [2.24, 2.45) is 11.8 Å². The first-order valence-corrected chi connectivity index (χ1v) is 13.2. The smallest absolute Gasteiger partial charge is 0.252 e. The van der Waals surface area contributed by atoms with Gasteiger partial charge in [-0.3, -0.25) is 4.79 Å². The van der Waals surface area contributed by atoms with Gasteiger partial charge in [-0.1, -0.05) is 18.2 Å². The van der Waals surface area contributed by atoms with Crippen molar-refractivity contribution in [1.29, 1.82) is 0 Å². The van der Waals surface area contributed by atoms with Gasteiger partial charge in [0.05, 0.1) is 13.0 Å². The summed E-state index contributed by atoms with van der Waals surface area (Å²) in [5.41, 5.74) is 1.06. The third-order valence-corrected chi connectivity index (χ3v) is 9.65. The van der Waals surface area contributed by atoms with Crippen LogP contribution in [-0.4, -0.2) is 49.8 Å². The number of carbonyl (C=O) groups is 1. The summed E-state index contributed by atoms with van der Waals surface area (Å²) in [6.45, 7) is 3.40. The molecule has 8 heteroatoms. The minimum Gasteiger partial charge on any atom is -0.497 e. The molecule has 31 heavy (non-hydrogen) atoms. The minimum absolute atomic E-state index is 0.0706. The van der Waals surface area contributed by atoms with Gasteiger partial charge in [-0.15, -0.1) is 11.3 Å². The molecular weight excluding hydrogens is 432 g/mol. The molecule has 2 heterocycles. The van der Waals surface area contributed by atoms with E-state index in [1.807, 2.05) is 29.2 Å². The van der Waals surface area contributed by atoms with Gasteiger partial charge in [0.1, 0.15) is 9.96 Å². The van der Waals surface area contributed by atoms with E-state index in [-0.39, 0.29) is 24.4 Å². The fourth-order valence-electron chi connectivity index (χ4n) is 4.32. The zero-order valence-corrected chi connectivity index (χ0v) is 19.7. The number of methoxy groups -OCH3 is 1. The van der Waals surface area contributed by atoms with Crippen molar-refractivity contribution in [1.82, 2.24) is 9.21 Å². The summed E-state index contributed by atoms with van der Waals surface area (Å²) in [4.78, 5) is 15.6. The van der Waals surface area contributed by atoms with Crippen molar-refractivity contribution in [3.05, 3.63) is 47.3 Å². The van der Waals surface area contributed by atoms with Gasteiger partial charge < -0.3 is 9.64 Å². The van der Waals surface area contributed by atoms with Crippen molar-refractivity contribution in [3.8, 4) is 5.75 Å². The normalized spacial score (nSPS) is 20.9. The fourth-order valence-corrected chi connectivity index (χ4v) is 6.99. The number of thiophene rings is 1. The summed E-state index contributed by atoms with van der Waals surface area (Å²) in [5, 5.41) is 1.77. The van der Waals surface area contributed by atoms with E-state index in [1.165, 1.54) is 15.6 Å². The summed E-state index contributed by atoms with van der Waals surface area (Å²) in [5.74, 6) is 1.10. The molecule has 1 saturated heterocycles. The summed E-state index contributed by atoms with van der Waals surface area (Å²) in [6, 6.07) is 11.3. The molecule has 0 radical (unpaired) electrons. The number of benzene rings is 1. The first-order chi connectivity index (χ1) is 14.9. The zero-order valence-electron chi connectivity index (χ0n) is 18.1. The Morgan fingerprint density at radius 3 is 2.58 bits per heavy atom. The van der Waals surface area contributed by atoms with Crippen molar-refractivity contribution in [2.45, 2.75) is 49.4 Å². The summed E-state index contributed by atoms with van der Waals surface area (Å²) < 4.78 is 33.1. The van der Waals surface area contributed by atoms with Crippen LogP contribution < -0.4 is 4.74 Å². The van der Waals surface area contributed by atoms with Crippen molar-refractivity contribution in [2.75, 3.05) is 20.2 Å². The molecule has 4 rings (SSSR count). The number of hydrogen-bond acceptors (Lipinski definition) is 5. The highest BCUT2D eigenvalue weighted by molar-refractivity contribution is 7.91. The average molecular weight is 463 g/mol. The molecule has 0 bridgehead atoms. The van der Waals surface area contributed by atoms with E-state index in [9.17, 15) is 13.2 Å². The number of sulfonamides is 1. The highest BCUT2D eigenvalue weighted by atomic mass is 32.2. The van der Waals surface area contributed by atoms with E-state index >= 15 is 0 Å². The van der Waals surface area contributed by atoms with E-state index in [0.29, 0.717) is 29.6 Å². The maximum Gasteiger partial charge on any atom is 0.252 e. The Morgan fingerprint density at radius 1 is 1.23 bits per heavy atom. The molecule has 2 unspecified atom stereocenters. The highest BCUT2D eigenvalue weighted by Gasteiger charge is 2.39. The van der Waals surface area contributed by atoms with Gasteiger partial charge in [0.2, 0.25) is 5.91 Å². The van der Waals surface area contributed by atoms with Gasteiger partial charge >= 0.3 is 0 Å². The molecule has 1 aliphatic heterocycles. The van der Waals surface area contributed by atoms with Crippen LogP contribution in [0.2, 0.25) is 0 Å². The lowest BCUT2D eigenvalue weighted by Gasteiger charge is -2.37. The molecule has 168 valence electrons. The van der Waals surface area contributed by atoms with Crippen LogP contribution in [0.25, 0.3) is 0 Å². The van der Waals surface area contributed by atoms with E-state index in [0.717, 1.165) is 30.6 Å². The average Bonchev–Trinajstić information content (AvgIpc) is 3.49. The molecule has 2 atom stereocenters. The largest absolute Gasteiger partial charge is 0.497 e. The van der Waals surface area contributed by atoms with Gasteiger partial charge in [0, 0.05) is 25.7 Å². The monoisotopic (exact) mass is 462 g/mol. The van der Waals surface area contributed by atoms with Crippen LogP contribution in [0.15, 0.2) is 46.0 Å². The third-order valence-electron chi connectivity index (χ3n) is 6.41. The Balaban J connectivity index is 1.51.